The third-order valence-corrected chi connectivity index (χ3v) is 8.34. The van der Waals surface area contributed by atoms with E-state index in [1.54, 1.807) is 61.5 Å². The van der Waals surface area contributed by atoms with Gasteiger partial charge >= 0.3 is 5.97 Å². The molecule has 0 aliphatic carbocycles. The number of furan rings is 1. The molecule has 12 heteroatoms. The van der Waals surface area contributed by atoms with Crippen molar-refractivity contribution in [2.75, 3.05) is 13.4 Å². The number of ether oxygens (including phenoxy) is 3. The van der Waals surface area contributed by atoms with Gasteiger partial charge in [-0.3, -0.25) is 19.5 Å². The standard InChI is InChI=1S/C33H23N3O8S/c1-2-41-32(38)28-29(19-8-4-3-5-9-19)34-33-35(30(28)20-12-14-25-26(16-20)43-18-42-25)31(37)27(45-33)17-21-13-15-24(44-21)22-10-6-7-11-23(22)36(39)40/h3-17,30H,2,18H2,1H3/b27-17-. The van der Waals surface area contributed by atoms with Crippen molar-refractivity contribution in [3.63, 3.8) is 0 Å². The predicted octanol–water partition coefficient (Wildman–Crippen LogP) is 4.83. The van der Waals surface area contributed by atoms with Crippen LogP contribution in [0.5, 0.6) is 11.5 Å². The SMILES string of the molecule is CCOC(=O)C1=C(c2ccccc2)N=c2s/c(=C\c3ccc(-c4ccccc4[N+](=O)[O-])o3)c(=O)n2C1c1ccc2c(c1)OCO2. The lowest BCUT2D eigenvalue weighted by atomic mass is 9.93. The van der Waals surface area contributed by atoms with E-state index in [0.717, 1.165) is 11.3 Å². The highest BCUT2D eigenvalue weighted by molar-refractivity contribution is 7.07. The zero-order valence-corrected chi connectivity index (χ0v) is 24.5. The van der Waals surface area contributed by atoms with Gasteiger partial charge in [0.05, 0.1) is 38.9 Å². The van der Waals surface area contributed by atoms with E-state index in [9.17, 15) is 19.7 Å². The molecule has 2 aliphatic rings. The highest BCUT2D eigenvalue weighted by Gasteiger charge is 2.36. The summed E-state index contributed by atoms with van der Waals surface area (Å²) in [4.78, 5) is 44.1. The second-order valence-electron chi connectivity index (χ2n) is 10.0. The summed E-state index contributed by atoms with van der Waals surface area (Å²) in [7, 11) is 0. The normalized spacial score (nSPS) is 15.5. The molecule has 7 rings (SSSR count). The van der Waals surface area contributed by atoms with Gasteiger partial charge in [0.1, 0.15) is 11.5 Å². The molecule has 1 unspecified atom stereocenters. The van der Waals surface area contributed by atoms with Crippen LogP contribution in [-0.2, 0) is 9.53 Å². The summed E-state index contributed by atoms with van der Waals surface area (Å²) in [6.07, 6.45) is 1.56. The van der Waals surface area contributed by atoms with Gasteiger partial charge in [0.25, 0.3) is 11.2 Å². The Hall–Kier alpha value is -5.75. The van der Waals surface area contributed by atoms with Gasteiger partial charge in [0.15, 0.2) is 16.3 Å². The maximum absolute atomic E-state index is 14.1. The van der Waals surface area contributed by atoms with E-state index in [1.165, 1.54) is 10.6 Å². The van der Waals surface area contributed by atoms with Crippen LogP contribution >= 0.6 is 11.3 Å². The maximum atomic E-state index is 14.1. The molecule has 2 aromatic heterocycles. The number of para-hydroxylation sites is 1. The monoisotopic (exact) mass is 621 g/mol. The fourth-order valence-corrected chi connectivity index (χ4v) is 6.37. The van der Waals surface area contributed by atoms with Crippen molar-refractivity contribution in [2.24, 2.45) is 4.99 Å². The molecule has 0 bridgehead atoms. The van der Waals surface area contributed by atoms with E-state index in [2.05, 4.69) is 0 Å². The molecular weight excluding hydrogens is 598 g/mol. The Balaban J connectivity index is 1.43. The van der Waals surface area contributed by atoms with Gasteiger partial charge < -0.3 is 18.6 Å². The topological polar surface area (TPSA) is 135 Å². The number of nitro groups is 1. The first-order valence-corrected chi connectivity index (χ1v) is 14.8. The Morgan fingerprint density at radius 3 is 2.64 bits per heavy atom. The average Bonchev–Trinajstić information content (AvgIpc) is 3.80. The number of nitro benzene ring substituents is 1. The summed E-state index contributed by atoms with van der Waals surface area (Å²) >= 11 is 1.14. The molecule has 0 N–H and O–H groups in total. The number of hydrogen-bond acceptors (Lipinski definition) is 10. The van der Waals surface area contributed by atoms with Gasteiger partial charge in [-0.1, -0.05) is 59.9 Å². The van der Waals surface area contributed by atoms with Gasteiger partial charge in [-0.2, -0.15) is 0 Å². The fourth-order valence-electron chi connectivity index (χ4n) is 5.38. The van der Waals surface area contributed by atoms with E-state index >= 15 is 0 Å². The Bertz CT molecular complexity index is 2200. The molecule has 4 heterocycles. The number of carbonyl (C=O) groups excluding carboxylic acids is 1. The number of hydrogen-bond donors (Lipinski definition) is 0. The summed E-state index contributed by atoms with van der Waals surface area (Å²) in [5.41, 5.74) is 1.70. The fraction of sp³-hybridized carbons (Fsp3) is 0.121. The molecule has 0 fully saturated rings. The number of benzene rings is 3. The van der Waals surface area contributed by atoms with Crippen molar-refractivity contribution in [2.45, 2.75) is 13.0 Å². The van der Waals surface area contributed by atoms with Crippen LogP contribution in [0.15, 0.2) is 105 Å². The first-order valence-electron chi connectivity index (χ1n) is 13.9. The van der Waals surface area contributed by atoms with Crippen molar-refractivity contribution < 1.29 is 28.3 Å². The molecule has 45 heavy (non-hydrogen) atoms. The second-order valence-corrected chi connectivity index (χ2v) is 11.0. The van der Waals surface area contributed by atoms with Crippen LogP contribution in [0.3, 0.4) is 0 Å². The number of aromatic nitrogens is 1. The van der Waals surface area contributed by atoms with E-state index in [4.69, 9.17) is 23.6 Å². The van der Waals surface area contributed by atoms with Crippen LogP contribution in [0.1, 0.15) is 29.9 Å². The number of fused-ring (bicyclic) bond motifs is 2. The number of esters is 1. The van der Waals surface area contributed by atoms with Crippen molar-refractivity contribution in [1.29, 1.82) is 0 Å². The maximum Gasteiger partial charge on any atom is 0.338 e. The first kappa shape index (κ1) is 28.0. The van der Waals surface area contributed by atoms with Crippen molar-refractivity contribution in [3.8, 4) is 22.8 Å². The number of thiazole rings is 1. The highest BCUT2D eigenvalue weighted by atomic mass is 32.1. The quantitative estimate of drug-likeness (QED) is 0.143. The molecule has 0 saturated heterocycles. The van der Waals surface area contributed by atoms with Gasteiger partial charge in [-0.25, -0.2) is 9.79 Å². The van der Waals surface area contributed by atoms with Gasteiger partial charge in [-0.15, -0.1) is 0 Å². The predicted molar refractivity (Wildman–Crippen MR) is 164 cm³/mol. The summed E-state index contributed by atoms with van der Waals surface area (Å²) < 4.78 is 24.3. The van der Waals surface area contributed by atoms with Crippen LogP contribution in [-0.4, -0.2) is 28.9 Å². The summed E-state index contributed by atoms with van der Waals surface area (Å²) in [5, 5.41) is 11.6. The van der Waals surface area contributed by atoms with Crippen LogP contribution in [0.25, 0.3) is 23.1 Å². The highest BCUT2D eigenvalue weighted by Crippen LogP contribution is 2.40. The molecular formula is C33H23N3O8S. The lowest BCUT2D eigenvalue weighted by Gasteiger charge is -2.26. The molecule has 11 nitrogen and oxygen atoms in total. The molecule has 0 saturated carbocycles. The van der Waals surface area contributed by atoms with Crippen molar-refractivity contribution in [3.05, 3.63) is 137 Å². The van der Waals surface area contributed by atoms with Gasteiger partial charge in [0, 0.05) is 17.7 Å². The van der Waals surface area contributed by atoms with E-state index < -0.39 is 22.5 Å². The van der Waals surface area contributed by atoms with E-state index in [-0.39, 0.29) is 30.4 Å². The Morgan fingerprint density at radius 1 is 1.07 bits per heavy atom. The average molecular weight is 622 g/mol. The first-order chi connectivity index (χ1) is 21.9. The minimum atomic E-state index is -0.897. The smallest absolute Gasteiger partial charge is 0.338 e. The van der Waals surface area contributed by atoms with Crippen molar-refractivity contribution in [1.82, 2.24) is 4.57 Å². The summed E-state index contributed by atoms with van der Waals surface area (Å²) in [5.74, 6) is 1.06. The number of nitrogens with zero attached hydrogens (tertiary/aromatic N) is 3. The van der Waals surface area contributed by atoms with Crippen LogP contribution in [0, 0.1) is 10.1 Å². The Labute approximate surface area is 258 Å². The molecule has 2 aliphatic heterocycles. The third-order valence-electron chi connectivity index (χ3n) is 7.35. The van der Waals surface area contributed by atoms with E-state index in [0.29, 0.717) is 49.0 Å². The van der Waals surface area contributed by atoms with Crippen LogP contribution < -0.4 is 24.4 Å². The lowest BCUT2D eigenvalue weighted by Crippen LogP contribution is -2.40. The molecule has 224 valence electrons. The minimum Gasteiger partial charge on any atom is -0.463 e. The summed E-state index contributed by atoms with van der Waals surface area (Å²) in [6.45, 7) is 1.91. The molecule has 0 amide bonds. The lowest BCUT2D eigenvalue weighted by molar-refractivity contribution is -0.384. The number of carbonyl (C=O) groups is 1. The zero-order valence-electron chi connectivity index (χ0n) is 23.7. The molecule has 3 aromatic carbocycles. The van der Waals surface area contributed by atoms with Crippen LogP contribution in [0.2, 0.25) is 0 Å². The molecule has 0 spiro atoms. The number of rotatable bonds is 7. The van der Waals surface area contributed by atoms with Crippen LogP contribution in [0.4, 0.5) is 5.69 Å². The molecule has 5 aromatic rings. The molecule has 0 radical (unpaired) electrons. The Morgan fingerprint density at radius 2 is 1.84 bits per heavy atom. The molecule has 1 atom stereocenters. The minimum absolute atomic E-state index is 0.0641. The van der Waals surface area contributed by atoms with Gasteiger partial charge in [0.2, 0.25) is 6.79 Å². The summed E-state index contributed by atoms with van der Waals surface area (Å²) in [6, 6.07) is 23.1. The Kier molecular flexibility index (Phi) is 7.10. The largest absolute Gasteiger partial charge is 0.463 e. The van der Waals surface area contributed by atoms with Crippen molar-refractivity contribution >= 4 is 34.8 Å². The van der Waals surface area contributed by atoms with E-state index in [1.807, 2.05) is 30.3 Å². The second kappa shape index (κ2) is 11.4. The third kappa shape index (κ3) is 5.00. The van der Waals surface area contributed by atoms with Gasteiger partial charge in [-0.05, 0) is 42.8 Å². The zero-order chi connectivity index (χ0) is 31.1.